The Hall–Kier alpha value is -2.59. The van der Waals surface area contributed by atoms with Gasteiger partial charge in [0.25, 0.3) is 5.91 Å². The van der Waals surface area contributed by atoms with Crippen LogP contribution in [0.1, 0.15) is 23.6 Å². The summed E-state index contributed by atoms with van der Waals surface area (Å²) in [4.78, 5) is 26.3. The minimum atomic E-state index is -0.830. The van der Waals surface area contributed by atoms with Crippen molar-refractivity contribution < 1.29 is 14.3 Å². The van der Waals surface area contributed by atoms with Crippen molar-refractivity contribution in [3.63, 3.8) is 0 Å². The highest BCUT2D eigenvalue weighted by Gasteiger charge is 2.26. The zero-order valence-electron chi connectivity index (χ0n) is 14.5. The number of fused-ring (bicyclic) bond motifs is 1. The number of carbonyl (C=O) groups excluding carboxylic acids is 2. The molecule has 5 heteroatoms. The summed E-state index contributed by atoms with van der Waals surface area (Å²) in [6.07, 6.45) is 2.86. The summed E-state index contributed by atoms with van der Waals surface area (Å²) in [5.41, 5.74) is 3.13. The Balaban J connectivity index is 1.58. The molecule has 0 saturated carbocycles. The normalized spacial score (nSPS) is 14.8. The van der Waals surface area contributed by atoms with E-state index in [4.69, 9.17) is 16.3 Å². The lowest BCUT2D eigenvalue weighted by Crippen LogP contribution is -2.42. The third kappa shape index (κ3) is 4.33. The highest BCUT2D eigenvalue weighted by Crippen LogP contribution is 2.20. The molecule has 2 aromatic carbocycles. The molecule has 1 atom stereocenters. The van der Waals surface area contributed by atoms with Crippen LogP contribution >= 0.6 is 11.6 Å². The lowest BCUT2D eigenvalue weighted by molar-refractivity contribution is -0.155. The number of nitrogens with zero attached hydrogens (tertiary/aromatic N) is 1. The first-order chi connectivity index (χ1) is 12.5. The molecule has 134 valence electrons. The van der Waals surface area contributed by atoms with E-state index in [-0.39, 0.29) is 5.91 Å². The quantitative estimate of drug-likeness (QED) is 0.607. The largest absolute Gasteiger partial charge is 0.449 e. The summed E-state index contributed by atoms with van der Waals surface area (Å²) in [6, 6.07) is 15.3. The predicted molar refractivity (Wildman–Crippen MR) is 102 cm³/mol. The van der Waals surface area contributed by atoms with Gasteiger partial charge in [-0.15, -0.1) is 0 Å². The first-order valence-corrected chi connectivity index (χ1v) is 8.91. The summed E-state index contributed by atoms with van der Waals surface area (Å²) in [6.45, 7) is 2.78. The number of ether oxygens (including phenoxy) is 1. The molecule has 0 radical (unpaired) electrons. The van der Waals surface area contributed by atoms with Crippen LogP contribution in [0.15, 0.2) is 54.6 Å². The van der Waals surface area contributed by atoms with Crippen molar-refractivity contribution in [3.05, 3.63) is 76.3 Å². The molecule has 1 heterocycles. The Morgan fingerprint density at radius 3 is 2.58 bits per heavy atom. The van der Waals surface area contributed by atoms with E-state index in [2.05, 4.69) is 6.07 Å². The van der Waals surface area contributed by atoms with Gasteiger partial charge < -0.3 is 9.64 Å². The molecule has 2 aromatic rings. The van der Waals surface area contributed by atoms with Gasteiger partial charge in [0.05, 0.1) is 0 Å². The average molecular weight is 370 g/mol. The second-order valence-electron chi connectivity index (χ2n) is 6.21. The van der Waals surface area contributed by atoms with Crippen molar-refractivity contribution in [1.29, 1.82) is 0 Å². The summed E-state index contributed by atoms with van der Waals surface area (Å²) in [5, 5.41) is 0.549. The molecule has 0 aliphatic carbocycles. The number of halogens is 1. The Morgan fingerprint density at radius 1 is 1.12 bits per heavy atom. The maximum Gasteiger partial charge on any atom is 0.331 e. The van der Waals surface area contributed by atoms with Gasteiger partial charge in [-0.3, -0.25) is 4.79 Å². The maximum absolute atomic E-state index is 12.6. The molecule has 0 unspecified atom stereocenters. The second kappa shape index (κ2) is 8.19. The van der Waals surface area contributed by atoms with Crippen LogP contribution in [0.5, 0.6) is 0 Å². The number of hydrogen-bond acceptors (Lipinski definition) is 3. The molecule has 4 nitrogen and oxygen atoms in total. The Morgan fingerprint density at radius 2 is 1.81 bits per heavy atom. The Labute approximate surface area is 158 Å². The fraction of sp³-hybridized carbons (Fsp3) is 0.238. The monoisotopic (exact) mass is 369 g/mol. The third-order valence-electron chi connectivity index (χ3n) is 4.39. The van der Waals surface area contributed by atoms with Crippen molar-refractivity contribution >= 4 is 29.6 Å². The molecule has 1 aliphatic rings. The van der Waals surface area contributed by atoms with Crippen molar-refractivity contribution in [3.8, 4) is 0 Å². The molecular formula is C21H20ClNO3. The predicted octanol–water partition coefficient (Wildman–Crippen LogP) is 3.87. The number of rotatable bonds is 4. The summed E-state index contributed by atoms with van der Waals surface area (Å²) >= 11 is 6.04. The van der Waals surface area contributed by atoms with Crippen LogP contribution < -0.4 is 0 Å². The van der Waals surface area contributed by atoms with Gasteiger partial charge in [-0.25, -0.2) is 4.79 Å². The number of amides is 1. The van der Waals surface area contributed by atoms with Crippen LogP contribution in [-0.2, 0) is 27.3 Å². The third-order valence-corrected chi connectivity index (χ3v) is 4.73. The SMILES string of the molecule is C[C@@H](OC(=O)/C=C/c1ccccc1Cl)C(=O)N1CCc2ccccc2C1. The minimum absolute atomic E-state index is 0.181. The van der Waals surface area contributed by atoms with E-state index in [1.54, 1.807) is 30.0 Å². The molecule has 0 aromatic heterocycles. The first kappa shape index (κ1) is 18.2. The second-order valence-corrected chi connectivity index (χ2v) is 6.62. The lowest BCUT2D eigenvalue weighted by atomic mass is 9.99. The van der Waals surface area contributed by atoms with Crippen LogP contribution in [0.2, 0.25) is 5.02 Å². The first-order valence-electron chi connectivity index (χ1n) is 8.53. The highest BCUT2D eigenvalue weighted by molar-refractivity contribution is 6.32. The van der Waals surface area contributed by atoms with Gasteiger partial charge >= 0.3 is 5.97 Å². The average Bonchev–Trinajstić information content (AvgIpc) is 2.66. The fourth-order valence-electron chi connectivity index (χ4n) is 2.97. The molecular weight excluding hydrogens is 350 g/mol. The summed E-state index contributed by atoms with van der Waals surface area (Å²) in [7, 11) is 0. The van der Waals surface area contributed by atoms with Crippen LogP contribution in [0.3, 0.4) is 0 Å². The molecule has 0 bridgehead atoms. The van der Waals surface area contributed by atoms with E-state index in [9.17, 15) is 9.59 Å². The van der Waals surface area contributed by atoms with Gasteiger partial charge in [0.15, 0.2) is 6.10 Å². The van der Waals surface area contributed by atoms with E-state index in [1.165, 1.54) is 11.6 Å². The molecule has 0 fully saturated rings. The lowest BCUT2D eigenvalue weighted by Gasteiger charge is -2.30. The zero-order valence-corrected chi connectivity index (χ0v) is 15.3. The van der Waals surface area contributed by atoms with Crippen molar-refractivity contribution in [1.82, 2.24) is 4.90 Å². The van der Waals surface area contributed by atoms with Crippen LogP contribution in [0.25, 0.3) is 6.08 Å². The molecule has 1 amide bonds. The highest BCUT2D eigenvalue weighted by atomic mass is 35.5. The molecule has 1 aliphatic heterocycles. The molecule has 0 saturated heterocycles. The van der Waals surface area contributed by atoms with E-state index >= 15 is 0 Å². The van der Waals surface area contributed by atoms with Gasteiger partial charge in [0, 0.05) is 24.2 Å². The zero-order chi connectivity index (χ0) is 18.5. The molecule has 3 rings (SSSR count). The fourth-order valence-corrected chi connectivity index (χ4v) is 3.17. The van der Waals surface area contributed by atoms with E-state index in [0.717, 1.165) is 17.5 Å². The van der Waals surface area contributed by atoms with E-state index in [0.29, 0.717) is 18.1 Å². The standard InChI is InChI=1S/C21H20ClNO3/c1-15(26-20(24)11-10-17-7-4-5-9-19(17)22)21(25)23-13-12-16-6-2-3-8-18(16)14-23/h2-11,15H,12-14H2,1H3/b11-10+/t15-/m1/s1. The maximum atomic E-state index is 12.6. The van der Waals surface area contributed by atoms with Gasteiger partial charge in [-0.2, -0.15) is 0 Å². The van der Waals surface area contributed by atoms with Gasteiger partial charge in [-0.1, -0.05) is 54.1 Å². The van der Waals surface area contributed by atoms with Crippen LogP contribution in [0, 0.1) is 0 Å². The number of carbonyl (C=O) groups is 2. The van der Waals surface area contributed by atoms with Crippen molar-refractivity contribution in [2.75, 3.05) is 6.54 Å². The minimum Gasteiger partial charge on any atom is -0.449 e. The number of esters is 1. The van der Waals surface area contributed by atoms with Crippen LogP contribution in [-0.4, -0.2) is 29.4 Å². The molecule has 0 spiro atoms. The molecule has 0 N–H and O–H groups in total. The van der Waals surface area contributed by atoms with Crippen LogP contribution in [0.4, 0.5) is 0 Å². The Bertz CT molecular complexity index is 847. The van der Waals surface area contributed by atoms with Gasteiger partial charge in [-0.05, 0) is 42.2 Å². The Kier molecular flexibility index (Phi) is 5.74. The van der Waals surface area contributed by atoms with Gasteiger partial charge in [0.1, 0.15) is 0 Å². The molecule has 26 heavy (non-hydrogen) atoms. The van der Waals surface area contributed by atoms with Crippen molar-refractivity contribution in [2.45, 2.75) is 26.0 Å². The van der Waals surface area contributed by atoms with Gasteiger partial charge in [0.2, 0.25) is 0 Å². The summed E-state index contributed by atoms with van der Waals surface area (Å²) < 4.78 is 5.25. The van der Waals surface area contributed by atoms with E-state index < -0.39 is 12.1 Å². The van der Waals surface area contributed by atoms with Crippen molar-refractivity contribution in [2.24, 2.45) is 0 Å². The smallest absolute Gasteiger partial charge is 0.331 e. The summed E-state index contributed by atoms with van der Waals surface area (Å²) in [5.74, 6) is -0.748. The topological polar surface area (TPSA) is 46.6 Å². The number of benzene rings is 2. The van der Waals surface area contributed by atoms with E-state index in [1.807, 2.05) is 30.3 Å². The number of hydrogen-bond donors (Lipinski definition) is 0.